The minimum atomic E-state index is 0.0135. The summed E-state index contributed by atoms with van der Waals surface area (Å²) in [7, 11) is 0. The number of hydrogen-bond acceptors (Lipinski definition) is 2. The molecule has 2 aromatic carbocycles. The lowest BCUT2D eigenvalue weighted by Crippen LogP contribution is -2.16. The van der Waals surface area contributed by atoms with Crippen LogP contribution in [0.4, 0.5) is 11.4 Å². The molecule has 0 fully saturated rings. The highest BCUT2D eigenvalue weighted by atomic mass is 79.9. The van der Waals surface area contributed by atoms with Crippen molar-refractivity contribution in [2.75, 3.05) is 17.2 Å². The highest BCUT2D eigenvalue weighted by Crippen LogP contribution is 2.20. The van der Waals surface area contributed by atoms with Crippen LogP contribution >= 0.6 is 15.9 Å². The molecule has 0 aliphatic heterocycles. The van der Waals surface area contributed by atoms with Gasteiger partial charge in [0.15, 0.2) is 0 Å². The zero-order chi connectivity index (χ0) is 16.1. The fourth-order valence-corrected chi connectivity index (χ4v) is 2.43. The summed E-state index contributed by atoms with van der Waals surface area (Å²) in [4.78, 5) is 12.0. The summed E-state index contributed by atoms with van der Waals surface area (Å²) in [5.74, 6) is 0.0135. The summed E-state index contributed by atoms with van der Waals surface area (Å²) in [5.41, 5.74) is 5.42. The number of aryl methyl sites for hydroxylation is 3. The second-order valence-electron chi connectivity index (χ2n) is 5.51. The molecule has 0 spiro atoms. The third-order valence-corrected chi connectivity index (χ3v) is 4.39. The zero-order valence-electron chi connectivity index (χ0n) is 13.2. The van der Waals surface area contributed by atoms with Gasteiger partial charge in [-0.05, 0) is 61.7 Å². The normalized spacial score (nSPS) is 10.4. The highest BCUT2D eigenvalue weighted by molar-refractivity contribution is 9.10. The molecule has 1 amide bonds. The highest BCUT2D eigenvalue weighted by Gasteiger charge is 2.04. The van der Waals surface area contributed by atoms with E-state index in [2.05, 4.69) is 58.6 Å². The van der Waals surface area contributed by atoms with Crippen LogP contribution in [0, 0.1) is 20.8 Å². The van der Waals surface area contributed by atoms with Gasteiger partial charge in [0, 0.05) is 28.8 Å². The van der Waals surface area contributed by atoms with Gasteiger partial charge in [-0.25, -0.2) is 0 Å². The van der Waals surface area contributed by atoms with Crippen molar-refractivity contribution < 1.29 is 4.79 Å². The molecule has 0 saturated carbocycles. The van der Waals surface area contributed by atoms with Gasteiger partial charge in [-0.15, -0.1) is 0 Å². The summed E-state index contributed by atoms with van der Waals surface area (Å²) in [6.45, 7) is 6.74. The number of nitrogens with one attached hydrogen (secondary N) is 2. The summed E-state index contributed by atoms with van der Waals surface area (Å²) in [6.07, 6.45) is 0.433. The van der Waals surface area contributed by atoms with Crippen molar-refractivity contribution in [2.24, 2.45) is 0 Å². The van der Waals surface area contributed by atoms with E-state index in [-0.39, 0.29) is 5.91 Å². The number of hydrogen-bond donors (Lipinski definition) is 2. The maximum Gasteiger partial charge on any atom is 0.226 e. The van der Waals surface area contributed by atoms with Crippen molar-refractivity contribution in [2.45, 2.75) is 27.2 Å². The lowest BCUT2D eigenvalue weighted by atomic mass is 10.1. The molecule has 0 aromatic heterocycles. The summed E-state index contributed by atoms with van der Waals surface area (Å²) >= 11 is 3.45. The van der Waals surface area contributed by atoms with Crippen LogP contribution in [0.1, 0.15) is 23.1 Å². The third-order valence-electron chi connectivity index (χ3n) is 3.50. The Morgan fingerprint density at radius 1 is 1.05 bits per heavy atom. The van der Waals surface area contributed by atoms with Gasteiger partial charge in [-0.3, -0.25) is 4.79 Å². The van der Waals surface area contributed by atoms with Crippen LogP contribution in [-0.4, -0.2) is 12.5 Å². The Kier molecular flexibility index (Phi) is 5.61. The molecule has 0 saturated heterocycles. The summed E-state index contributed by atoms with van der Waals surface area (Å²) in [6, 6.07) is 12.1. The molecule has 2 N–H and O–H groups in total. The van der Waals surface area contributed by atoms with Crippen LogP contribution in [-0.2, 0) is 4.79 Å². The molecule has 0 radical (unpaired) electrons. The molecule has 0 unspecified atom stereocenters. The molecule has 0 aliphatic carbocycles. The maximum absolute atomic E-state index is 12.0. The van der Waals surface area contributed by atoms with Crippen LogP contribution in [0.2, 0.25) is 0 Å². The Morgan fingerprint density at radius 3 is 2.55 bits per heavy atom. The lowest BCUT2D eigenvalue weighted by molar-refractivity contribution is -0.115. The standard InChI is InChI=1S/C18H21BrN2O/c1-12-4-5-13(2)17(10-12)20-9-8-18(22)21-15-6-7-16(19)14(3)11-15/h4-7,10-11,20H,8-9H2,1-3H3,(H,21,22). The molecule has 3 nitrogen and oxygen atoms in total. The average molecular weight is 361 g/mol. The number of amides is 1. The van der Waals surface area contributed by atoms with Gasteiger partial charge in [0.2, 0.25) is 5.91 Å². The van der Waals surface area contributed by atoms with Crippen LogP contribution in [0.5, 0.6) is 0 Å². The second-order valence-corrected chi connectivity index (χ2v) is 6.36. The SMILES string of the molecule is Cc1ccc(C)c(NCCC(=O)Nc2ccc(Br)c(C)c2)c1. The van der Waals surface area contributed by atoms with E-state index >= 15 is 0 Å². The van der Waals surface area contributed by atoms with E-state index in [1.165, 1.54) is 11.1 Å². The van der Waals surface area contributed by atoms with Gasteiger partial charge in [0.25, 0.3) is 0 Å². The fourth-order valence-electron chi connectivity index (χ4n) is 2.18. The predicted octanol–water partition coefficient (Wildman–Crippen LogP) is 4.82. The van der Waals surface area contributed by atoms with E-state index in [0.29, 0.717) is 13.0 Å². The molecule has 2 rings (SSSR count). The molecular formula is C18H21BrN2O. The van der Waals surface area contributed by atoms with Gasteiger partial charge in [-0.1, -0.05) is 28.1 Å². The second kappa shape index (κ2) is 7.45. The molecule has 0 bridgehead atoms. The number of halogens is 1. The van der Waals surface area contributed by atoms with Gasteiger partial charge in [0.05, 0.1) is 0 Å². The first kappa shape index (κ1) is 16.6. The van der Waals surface area contributed by atoms with Gasteiger partial charge < -0.3 is 10.6 Å². The van der Waals surface area contributed by atoms with Gasteiger partial charge in [-0.2, -0.15) is 0 Å². The monoisotopic (exact) mass is 360 g/mol. The third kappa shape index (κ3) is 4.60. The first-order valence-electron chi connectivity index (χ1n) is 7.33. The van der Waals surface area contributed by atoms with Crippen LogP contribution in [0.15, 0.2) is 40.9 Å². The zero-order valence-corrected chi connectivity index (χ0v) is 14.8. The van der Waals surface area contributed by atoms with E-state index in [0.717, 1.165) is 21.4 Å². The minimum Gasteiger partial charge on any atom is -0.384 e. The van der Waals surface area contributed by atoms with Crippen LogP contribution in [0.25, 0.3) is 0 Å². The first-order chi connectivity index (χ1) is 10.5. The smallest absolute Gasteiger partial charge is 0.226 e. The number of carbonyl (C=O) groups is 1. The van der Waals surface area contributed by atoms with E-state index in [9.17, 15) is 4.79 Å². The van der Waals surface area contributed by atoms with E-state index in [4.69, 9.17) is 0 Å². The van der Waals surface area contributed by atoms with E-state index < -0.39 is 0 Å². The Labute approximate surface area is 140 Å². The molecule has 0 atom stereocenters. The van der Waals surface area contributed by atoms with Crippen molar-refractivity contribution >= 4 is 33.2 Å². The van der Waals surface area contributed by atoms with Crippen molar-refractivity contribution in [1.29, 1.82) is 0 Å². The minimum absolute atomic E-state index is 0.0135. The molecule has 4 heteroatoms. The van der Waals surface area contributed by atoms with Crippen LogP contribution in [0.3, 0.4) is 0 Å². The lowest BCUT2D eigenvalue weighted by Gasteiger charge is -2.11. The van der Waals surface area contributed by atoms with E-state index in [1.807, 2.05) is 25.1 Å². The molecule has 116 valence electrons. The van der Waals surface area contributed by atoms with Crippen molar-refractivity contribution in [3.05, 3.63) is 57.6 Å². The Balaban J connectivity index is 1.85. The van der Waals surface area contributed by atoms with Gasteiger partial charge in [0.1, 0.15) is 0 Å². The van der Waals surface area contributed by atoms with Crippen molar-refractivity contribution in [3.8, 4) is 0 Å². The molecule has 0 aliphatic rings. The van der Waals surface area contributed by atoms with Gasteiger partial charge >= 0.3 is 0 Å². The van der Waals surface area contributed by atoms with Crippen molar-refractivity contribution in [3.63, 3.8) is 0 Å². The number of anilines is 2. The quantitative estimate of drug-likeness (QED) is 0.802. The number of carbonyl (C=O) groups excluding carboxylic acids is 1. The Hall–Kier alpha value is -1.81. The molecule has 2 aromatic rings. The molecule has 0 heterocycles. The van der Waals surface area contributed by atoms with E-state index in [1.54, 1.807) is 0 Å². The molecule has 22 heavy (non-hydrogen) atoms. The predicted molar refractivity (Wildman–Crippen MR) is 96.5 cm³/mol. The number of benzene rings is 2. The molecular weight excluding hydrogens is 340 g/mol. The fraction of sp³-hybridized carbons (Fsp3) is 0.278. The number of rotatable bonds is 5. The average Bonchev–Trinajstić information content (AvgIpc) is 2.46. The first-order valence-corrected chi connectivity index (χ1v) is 8.12. The topological polar surface area (TPSA) is 41.1 Å². The summed E-state index contributed by atoms with van der Waals surface area (Å²) in [5, 5.41) is 6.25. The van der Waals surface area contributed by atoms with Crippen molar-refractivity contribution in [1.82, 2.24) is 0 Å². The van der Waals surface area contributed by atoms with Crippen LogP contribution < -0.4 is 10.6 Å². The Bertz CT molecular complexity index is 683. The Morgan fingerprint density at radius 2 is 1.82 bits per heavy atom. The maximum atomic E-state index is 12.0. The largest absolute Gasteiger partial charge is 0.384 e. The summed E-state index contributed by atoms with van der Waals surface area (Å²) < 4.78 is 1.04.